The molecule has 1 unspecified atom stereocenters. The molecule has 2 N–H and O–H groups in total. The second kappa shape index (κ2) is 4.73. The highest BCUT2D eigenvalue weighted by Crippen LogP contribution is 2.25. The van der Waals surface area contributed by atoms with Crippen molar-refractivity contribution < 1.29 is 0 Å². The van der Waals surface area contributed by atoms with Crippen molar-refractivity contribution in [1.29, 1.82) is 0 Å². The number of nitrogens with zero attached hydrogens (tertiary/aromatic N) is 2. The maximum atomic E-state index is 6.09. The third-order valence-corrected chi connectivity index (χ3v) is 3.27. The Bertz CT molecular complexity index is 534. The molecule has 2 aromatic rings. The van der Waals surface area contributed by atoms with Gasteiger partial charge in [-0.1, -0.05) is 19.1 Å². The Hall–Kier alpha value is -1.35. The number of fused-ring (bicyclic) bond motifs is 1. The van der Waals surface area contributed by atoms with Gasteiger partial charge in [-0.05, 0) is 39.3 Å². The van der Waals surface area contributed by atoms with Crippen molar-refractivity contribution in [3.8, 4) is 0 Å². The van der Waals surface area contributed by atoms with Crippen molar-refractivity contribution in [2.75, 3.05) is 0 Å². The van der Waals surface area contributed by atoms with Crippen LogP contribution >= 0.6 is 0 Å². The molecule has 18 heavy (non-hydrogen) atoms. The summed E-state index contributed by atoms with van der Waals surface area (Å²) in [5, 5.41) is 0. The van der Waals surface area contributed by atoms with E-state index in [1.165, 1.54) is 5.52 Å². The number of benzene rings is 1. The van der Waals surface area contributed by atoms with E-state index >= 15 is 0 Å². The molecule has 0 aliphatic carbocycles. The van der Waals surface area contributed by atoms with E-state index in [-0.39, 0.29) is 11.6 Å². The van der Waals surface area contributed by atoms with Crippen molar-refractivity contribution in [3.05, 3.63) is 30.1 Å². The van der Waals surface area contributed by atoms with Crippen LogP contribution in [0.15, 0.2) is 24.3 Å². The van der Waals surface area contributed by atoms with Crippen LogP contribution in [-0.4, -0.2) is 15.6 Å². The molecular weight excluding hydrogens is 222 g/mol. The van der Waals surface area contributed by atoms with Crippen LogP contribution < -0.4 is 5.73 Å². The third-order valence-electron chi connectivity index (χ3n) is 3.27. The minimum Gasteiger partial charge on any atom is -0.327 e. The van der Waals surface area contributed by atoms with E-state index in [2.05, 4.69) is 50.5 Å². The number of para-hydroxylation sites is 2. The highest BCUT2D eigenvalue weighted by Gasteiger charge is 2.21. The molecule has 0 saturated heterocycles. The topological polar surface area (TPSA) is 43.8 Å². The fourth-order valence-electron chi connectivity index (χ4n) is 2.34. The van der Waals surface area contributed by atoms with Gasteiger partial charge in [0.05, 0.1) is 11.0 Å². The van der Waals surface area contributed by atoms with E-state index in [9.17, 15) is 0 Å². The molecule has 3 nitrogen and oxygen atoms in total. The predicted octanol–water partition coefficient (Wildman–Crippen LogP) is 3.07. The van der Waals surface area contributed by atoms with Crippen LogP contribution in [0.2, 0.25) is 0 Å². The predicted molar refractivity (Wildman–Crippen MR) is 76.7 cm³/mol. The Morgan fingerprint density at radius 3 is 2.56 bits per heavy atom. The molecule has 0 amide bonds. The zero-order valence-corrected chi connectivity index (χ0v) is 11.8. The van der Waals surface area contributed by atoms with E-state index in [4.69, 9.17) is 10.7 Å². The molecule has 0 fully saturated rings. The Kier molecular flexibility index (Phi) is 3.44. The van der Waals surface area contributed by atoms with Crippen molar-refractivity contribution in [3.63, 3.8) is 0 Å². The summed E-state index contributed by atoms with van der Waals surface area (Å²) < 4.78 is 2.32. The van der Waals surface area contributed by atoms with Crippen LogP contribution in [0.1, 0.15) is 39.9 Å². The van der Waals surface area contributed by atoms with Gasteiger partial charge in [-0.2, -0.15) is 0 Å². The maximum Gasteiger partial charge on any atom is 0.111 e. The third kappa shape index (κ3) is 2.41. The lowest BCUT2D eigenvalue weighted by Gasteiger charge is -2.25. The first-order chi connectivity index (χ1) is 8.43. The molecule has 0 radical (unpaired) electrons. The number of rotatable bonds is 3. The average molecular weight is 245 g/mol. The molecule has 0 bridgehead atoms. The van der Waals surface area contributed by atoms with Crippen LogP contribution in [0.25, 0.3) is 11.0 Å². The second-order valence-corrected chi connectivity index (χ2v) is 5.90. The summed E-state index contributed by atoms with van der Waals surface area (Å²) in [5.41, 5.74) is 8.37. The largest absolute Gasteiger partial charge is 0.327 e. The monoisotopic (exact) mass is 245 g/mol. The first-order valence-corrected chi connectivity index (χ1v) is 6.66. The SMILES string of the molecule is CCC(N)Cc1nc2ccccc2n1C(C)(C)C. The van der Waals surface area contributed by atoms with Crippen molar-refractivity contribution in [1.82, 2.24) is 9.55 Å². The quantitative estimate of drug-likeness (QED) is 0.903. The van der Waals surface area contributed by atoms with E-state index in [1.807, 2.05) is 6.07 Å². The fourth-order valence-corrected chi connectivity index (χ4v) is 2.34. The van der Waals surface area contributed by atoms with E-state index in [1.54, 1.807) is 0 Å². The number of hydrogen-bond acceptors (Lipinski definition) is 2. The standard InChI is InChI=1S/C15H23N3/c1-5-11(16)10-14-17-12-8-6-7-9-13(12)18(14)15(2,3)4/h6-9,11H,5,10,16H2,1-4H3. The molecule has 3 heteroatoms. The number of imidazole rings is 1. The number of nitrogens with two attached hydrogens (primary N) is 1. The van der Waals surface area contributed by atoms with Gasteiger partial charge in [0, 0.05) is 18.0 Å². The Balaban J connectivity index is 2.57. The molecule has 0 spiro atoms. The molecule has 1 atom stereocenters. The van der Waals surface area contributed by atoms with E-state index < -0.39 is 0 Å². The highest BCUT2D eigenvalue weighted by atomic mass is 15.1. The summed E-state index contributed by atoms with van der Waals surface area (Å²) >= 11 is 0. The minimum absolute atomic E-state index is 0.0267. The number of aromatic nitrogens is 2. The molecule has 0 saturated carbocycles. The zero-order chi connectivity index (χ0) is 13.3. The highest BCUT2D eigenvalue weighted by molar-refractivity contribution is 5.76. The lowest BCUT2D eigenvalue weighted by atomic mass is 10.1. The fraction of sp³-hybridized carbons (Fsp3) is 0.533. The first-order valence-electron chi connectivity index (χ1n) is 6.66. The van der Waals surface area contributed by atoms with Gasteiger partial charge in [-0.15, -0.1) is 0 Å². The zero-order valence-electron chi connectivity index (χ0n) is 11.8. The van der Waals surface area contributed by atoms with Crippen LogP contribution in [0, 0.1) is 0 Å². The van der Waals surface area contributed by atoms with Gasteiger partial charge in [-0.25, -0.2) is 4.98 Å². The molecular formula is C15H23N3. The Labute approximate surface area is 109 Å². The molecule has 0 aliphatic rings. The van der Waals surface area contributed by atoms with Gasteiger partial charge < -0.3 is 10.3 Å². The second-order valence-electron chi connectivity index (χ2n) is 5.90. The van der Waals surface area contributed by atoms with Gasteiger partial charge >= 0.3 is 0 Å². The summed E-state index contributed by atoms with van der Waals surface area (Å²) in [4.78, 5) is 4.75. The summed E-state index contributed by atoms with van der Waals surface area (Å²) in [6.45, 7) is 8.75. The van der Waals surface area contributed by atoms with Crippen LogP contribution in [-0.2, 0) is 12.0 Å². The lowest BCUT2D eigenvalue weighted by Crippen LogP contribution is -2.29. The van der Waals surface area contributed by atoms with Gasteiger partial charge in [0.15, 0.2) is 0 Å². The molecule has 1 aromatic heterocycles. The van der Waals surface area contributed by atoms with Gasteiger partial charge in [0.2, 0.25) is 0 Å². The van der Waals surface area contributed by atoms with Crippen molar-refractivity contribution in [2.45, 2.75) is 52.1 Å². The normalized spacial score (nSPS) is 14.1. The van der Waals surface area contributed by atoms with Gasteiger partial charge in [-0.3, -0.25) is 0 Å². The van der Waals surface area contributed by atoms with E-state index in [0.717, 1.165) is 24.2 Å². The molecule has 1 heterocycles. The lowest BCUT2D eigenvalue weighted by molar-refractivity contribution is 0.389. The van der Waals surface area contributed by atoms with Crippen LogP contribution in [0.4, 0.5) is 0 Å². The Morgan fingerprint density at radius 2 is 1.94 bits per heavy atom. The molecule has 2 rings (SSSR count). The molecule has 98 valence electrons. The minimum atomic E-state index is 0.0267. The molecule has 1 aromatic carbocycles. The smallest absolute Gasteiger partial charge is 0.111 e. The van der Waals surface area contributed by atoms with E-state index in [0.29, 0.717) is 0 Å². The summed E-state index contributed by atoms with van der Waals surface area (Å²) in [7, 11) is 0. The summed E-state index contributed by atoms with van der Waals surface area (Å²) in [6, 6.07) is 8.48. The summed E-state index contributed by atoms with van der Waals surface area (Å²) in [5.74, 6) is 1.10. The number of hydrogen-bond donors (Lipinski definition) is 1. The van der Waals surface area contributed by atoms with Crippen LogP contribution in [0.5, 0.6) is 0 Å². The summed E-state index contributed by atoms with van der Waals surface area (Å²) in [6.07, 6.45) is 1.82. The molecule has 0 aliphatic heterocycles. The van der Waals surface area contributed by atoms with Crippen molar-refractivity contribution in [2.24, 2.45) is 5.73 Å². The van der Waals surface area contributed by atoms with Gasteiger partial charge in [0.1, 0.15) is 5.82 Å². The maximum absolute atomic E-state index is 6.09. The van der Waals surface area contributed by atoms with Crippen LogP contribution in [0.3, 0.4) is 0 Å². The Morgan fingerprint density at radius 1 is 1.28 bits per heavy atom. The first kappa shape index (κ1) is 13.1. The van der Waals surface area contributed by atoms with Crippen molar-refractivity contribution >= 4 is 11.0 Å². The average Bonchev–Trinajstić information content (AvgIpc) is 2.65. The van der Waals surface area contributed by atoms with Gasteiger partial charge in [0.25, 0.3) is 0 Å².